The minimum atomic E-state index is -0.237. The first-order valence-corrected chi connectivity index (χ1v) is 7.00. The molecule has 22 heavy (non-hydrogen) atoms. The first kappa shape index (κ1) is 14.0. The van der Waals surface area contributed by atoms with Gasteiger partial charge in [-0.1, -0.05) is 0 Å². The number of anilines is 1. The van der Waals surface area contributed by atoms with Crippen molar-refractivity contribution in [3.8, 4) is 17.2 Å². The minimum absolute atomic E-state index is 0.237. The van der Waals surface area contributed by atoms with E-state index < -0.39 is 0 Å². The second-order valence-corrected chi connectivity index (χ2v) is 4.81. The van der Waals surface area contributed by atoms with Crippen molar-refractivity contribution in [1.29, 1.82) is 0 Å². The first-order chi connectivity index (χ1) is 10.7. The van der Waals surface area contributed by atoms with Gasteiger partial charge in [-0.25, -0.2) is 4.98 Å². The molecular formula is C15H16N6O. The van der Waals surface area contributed by atoms with Crippen LogP contribution in [0.15, 0.2) is 41.5 Å². The highest BCUT2D eigenvalue weighted by Gasteiger charge is 2.11. The molecule has 0 aromatic carbocycles. The van der Waals surface area contributed by atoms with Crippen molar-refractivity contribution in [2.24, 2.45) is 0 Å². The first-order valence-electron chi connectivity index (χ1n) is 7.00. The van der Waals surface area contributed by atoms with Crippen LogP contribution in [-0.4, -0.2) is 31.3 Å². The zero-order valence-corrected chi connectivity index (χ0v) is 12.4. The van der Waals surface area contributed by atoms with Crippen molar-refractivity contribution >= 4 is 5.82 Å². The summed E-state index contributed by atoms with van der Waals surface area (Å²) < 4.78 is 1.60. The van der Waals surface area contributed by atoms with E-state index in [2.05, 4.69) is 25.4 Å². The van der Waals surface area contributed by atoms with Crippen LogP contribution in [0, 0.1) is 6.92 Å². The molecule has 0 fully saturated rings. The Kier molecular flexibility index (Phi) is 3.69. The quantitative estimate of drug-likeness (QED) is 0.766. The van der Waals surface area contributed by atoms with E-state index in [9.17, 15) is 4.79 Å². The summed E-state index contributed by atoms with van der Waals surface area (Å²) in [6.45, 7) is 4.63. The smallest absolute Gasteiger partial charge is 0.252 e. The third-order valence-corrected chi connectivity index (χ3v) is 3.08. The van der Waals surface area contributed by atoms with Crippen LogP contribution >= 0.6 is 0 Å². The number of aromatic amines is 1. The number of hydrogen-bond acceptors (Lipinski definition) is 5. The maximum absolute atomic E-state index is 12.0. The Bertz CT molecular complexity index is 837. The Morgan fingerprint density at radius 2 is 2.23 bits per heavy atom. The summed E-state index contributed by atoms with van der Waals surface area (Å²) in [4.78, 5) is 23.2. The molecule has 0 saturated carbocycles. The van der Waals surface area contributed by atoms with E-state index in [4.69, 9.17) is 0 Å². The van der Waals surface area contributed by atoms with Gasteiger partial charge in [0.25, 0.3) is 5.56 Å². The number of aromatic nitrogens is 5. The van der Waals surface area contributed by atoms with Crippen molar-refractivity contribution in [3.05, 3.63) is 52.7 Å². The fraction of sp³-hybridized carbons (Fsp3) is 0.200. The highest BCUT2D eigenvalue weighted by molar-refractivity contribution is 5.58. The molecule has 0 aliphatic carbocycles. The van der Waals surface area contributed by atoms with E-state index in [1.807, 2.05) is 26.0 Å². The van der Waals surface area contributed by atoms with E-state index in [1.165, 1.54) is 6.07 Å². The van der Waals surface area contributed by atoms with Crippen molar-refractivity contribution in [2.75, 3.05) is 11.9 Å². The Morgan fingerprint density at radius 3 is 2.95 bits per heavy atom. The van der Waals surface area contributed by atoms with Gasteiger partial charge >= 0.3 is 0 Å². The molecule has 7 nitrogen and oxygen atoms in total. The number of nitrogens with zero attached hydrogens (tertiary/aromatic N) is 4. The summed E-state index contributed by atoms with van der Waals surface area (Å²) in [5.74, 6) is 1.15. The molecule has 7 heteroatoms. The highest BCUT2D eigenvalue weighted by atomic mass is 16.1. The van der Waals surface area contributed by atoms with Crippen LogP contribution in [0.3, 0.4) is 0 Å². The Hall–Kier alpha value is -2.96. The van der Waals surface area contributed by atoms with Crippen LogP contribution < -0.4 is 10.9 Å². The molecule has 3 aromatic heterocycles. The maximum Gasteiger partial charge on any atom is 0.252 e. The van der Waals surface area contributed by atoms with Gasteiger partial charge in [0.2, 0.25) is 5.95 Å². The summed E-state index contributed by atoms with van der Waals surface area (Å²) in [5.41, 5.74) is 1.94. The maximum atomic E-state index is 12.0. The van der Waals surface area contributed by atoms with Crippen molar-refractivity contribution in [1.82, 2.24) is 24.7 Å². The van der Waals surface area contributed by atoms with Crippen LogP contribution in [0.25, 0.3) is 17.2 Å². The van der Waals surface area contributed by atoms with Gasteiger partial charge in [-0.2, -0.15) is 9.78 Å². The lowest BCUT2D eigenvalue weighted by Crippen LogP contribution is -2.15. The van der Waals surface area contributed by atoms with Gasteiger partial charge < -0.3 is 5.32 Å². The van der Waals surface area contributed by atoms with E-state index in [0.29, 0.717) is 11.6 Å². The standard InChI is InChI=1S/C15H16N6O/c1-3-17-13-7-10(2)20-21(13)15-18-12(8-14(22)19-15)11-5-4-6-16-9-11/h4-9,17H,3H2,1-2H3,(H,18,19,22). The molecule has 0 bridgehead atoms. The zero-order valence-electron chi connectivity index (χ0n) is 12.4. The largest absolute Gasteiger partial charge is 0.370 e. The van der Waals surface area contributed by atoms with E-state index in [0.717, 1.165) is 23.6 Å². The summed E-state index contributed by atoms with van der Waals surface area (Å²) in [6, 6.07) is 7.02. The van der Waals surface area contributed by atoms with Crippen LogP contribution in [-0.2, 0) is 0 Å². The van der Waals surface area contributed by atoms with E-state index >= 15 is 0 Å². The van der Waals surface area contributed by atoms with Gasteiger partial charge in [0.1, 0.15) is 5.82 Å². The van der Waals surface area contributed by atoms with Gasteiger partial charge in [-0.15, -0.1) is 0 Å². The van der Waals surface area contributed by atoms with Crippen LogP contribution in [0.5, 0.6) is 0 Å². The fourth-order valence-corrected chi connectivity index (χ4v) is 2.18. The third-order valence-electron chi connectivity index (χ3n) is 3.08. The predicted molar refractivity (Wildman–Crippen MR) is 84.1 cm³/mol. The average molecular weight is 296 g/mol. The van der Waals surface area contributed by atoms with Crippen molar-refractivity contribution < 1.29 is 0 Å². The number of pyridine rings is 1. The summed E-state index contributed by atoms with van der Waals surface area (Å²) in [6.07, 6.45) is 3.35. The topological polar surface area (TPSA) is 88.5 Å². The minimum Gasteiger partial charge on any atom is -0.370 e. The molecule has 0 aliphatic heterocycles. The van der Waals surface area contributed by atoms with Crippen LogP contribution in [0.4, 0.5) is 5.82 Å². The molecule has 0 unspecified atom stereocenters. The molecule has 0 amide bonds. The summed E-state index contributed by atoms with van der Waals surface area (Å²) in [7, 11) is 0. The average Bonchev–Trinajstić information content (AvgIpc) is 2.89. The normalized spacial score (nSPS) is 10.6. The Balaban J connectivity index is 2.13. The lowest BCUT2D eigenvalue weighted by atomic mass is 10.2. The number of nitrogens with one attached hydrogen (secondary N) is 2. The number of aryl methyl sites for hydroxylation is 1. The van der Waals surface area contributed by atoms with Gasteiger partial charge in [0.05, 0.1) is 11.4 Å². The van der Waals surface area contributed by atoms with E-state index in [1.54, 1.807) is 23.1 Å². The number of rotatable bonds is 4. The van der Waals surface area contributed by atoms with Crippen molar-refractivity contribution in [2.45, 2.75) is 13.8 Å². The Labute approximate surface area is 127 Å². The third kappa shape index (κ3) is 2.73. The summed E-state index contributed by atoms with van der Waals surface area (Å²) >= 11 is 0. The number of H-pyrrole nitrogens is 1. The highest BCUT2D eigenvalue weighted by Crippen LogP contribution is 2.17. The molecular weight excluding hydrogens is 280 g/mol. The van der Waals surface area contributed by atoms with E-state index in [-0.39, 0.29) is 5.56 Å². The van der Waals surface area contributed by atoms with Crippen LogP contribution in [0.2, 0.25) is 0 Å². The zero-order chi connectivity index (χ0) is 15.5. The fourth-order valence-electron chi connectivity index (χ4n) is 2.18. The van der Waals surface area contributed by atoms with Gasteiger partial charge in [-0.05, 0) is 26.0 Å². The molecule has 0 atom stereocenters. The van der Waals surface area contributed by atoms with Gasteiger partial charge in [-0.3, -0.25) is 14.8 Å². The predicted octanol–water partition coefficient (Wildman–Crippen LogP) is 1.76. The molecule has 0 saturated heterocycles. The summed E-state index contributed by atoms with van der Waals surface area (Å²) in [5, 5.41) is 7.58. The van der Waals surface area contributed by atoms with Gasteiger partial charge in [0, 0.05) is 36.6 Å². The second-order valence-electron chi connectivity index (χ2n) is 4.81. The van der Waals surface area contributed by atoms with Crippen molar-refractivity contribution in [3.63, 3.8) is 0 Å². The molecule has 0 spiro atoms. The monoisotopic (exact) mass is 296 g/mol. The molecule has 112 valence electrons. The van der Waals surface area contributed by atoms with Gasteiger partial charge in [0.15, 0.2) is 0 Å². The molecule has 2 N–H and O–H groups in total. The SMILES string of the molecule is CCNc1cc(C)nn1-c1nc(-c2cccnc2)cc(=O)[nH]1. The molecule has 0 aliphatic rings. The van der Waals surface area contributed by atoms with Crippen LogP contribution in [0.1, 0.15) is 12.6 Å². The lowest BCUT2D eigenvalue weighted by Gasteiger charge is -2.08. The number of hydrogen-bond donors (Lipinski definition) is 2. The Morgan fingerprint density at radius 1 is 1.36 bits per heavy atom. The molecule has 3 heterocycles. The molecule has 3 aromatic rings. The second kappa shape index (κ2) is 5.80. The molecule has 3 rings (SSSR count). The molecule has 0 radical (unpaired) electrons. The lowest BCUT2D eigenvalue weighted by molar-refractivity contribution is 0.794.